The SMILES string of the molecule is CCC(CN)C(O)c1c(F)cccc1F. The Morgan fingerprint density at radius 2 is 1.87 bits per heavy atom. The summed E-state index contributed by atoms with van der Waals surface area (Å²) in [5, 5.41) is 9.78. The lowest BCUT2D eigenvalue weighted by atomic mass is 9.93. The number of aliphatic hydroxyl groups excluding tert-OH is 1. The fraction of sp³-hybridized carbons (Fsp3) is 0.455. The molecule has 84 valence electrons. The van der Waals surface area contributed by atoms with Gasteiger partial charge < -0.3 is 10.8 Å². The second-order valence-corrected chi connectivity index (χ2v) is 3.48. The first-order valence-corrected chi connectivity index (χ1v) is 4.93. The molecule has 2 nitrogen and oxygen atoms in total. The van der Waals surface area contributed by atoms with Gasteiger partial charge in [0.2, 0.25) is 0 Å². The van der Waals surface area contributed by atoms with Crippen molar-refractivity contribution >= 4 is 0 Å². The summed E-state index contributed by atoms with van der Waals surface area (Å²) in [4.78, 5) is 0. The van der Waals surface area contributed by atoms with Gasteiger partial charge in [-0.05, 0) is 25.1 Å². The van der Waals surface area contributed by atoms with Crippen molar-refractivity contribution in [3.05, 3.63) is 35.4 Å². The van der Waals surface area contributed by atoms with Crippen molar-refractivity contribution in [3.8, 4) is 0 Å². The van der Waals surface area contributed by atoms with Gasteiger partial charge >= 0.3 is 0 Å². The number of nitrogens with two attached hydrogens (primary N) is 1. The van der Waals surface area contributed by atoms with Crippen LogP contribution in [0.15, 0.2) is 18.2 Å². The second kappa shape index (κ2) is 5.19. The third-order valence-electron chi connectivity index (χ3n) is 2.57. The summed E-state index contributed by atoms with van der Waals surface area (Å²) in [7, 11) is 0. The van der Waals surface area contributed by atoms with Crippen LogP contribution in [0, 0.1) is 17.6 Å². The highest BCUT2D eigenvalue weighted by molar-refractivity contribution is 5.22. The molecule has 0 radical (unpaired) electrons. The minimum Gasteiger partial charge on any atom is -0.388 e. The van der Waals surface area contributed by atoms with Crippen molar-refractivity contribution in [1.82, 2.24) is 0 Å². The molecule has 15 heavy (non-hydrogen) atoms. The Kier molecular flexibility index (Phi) is 4.17. The predicted molar refractivity (Wildman–Crippen MR) is 54.2 cm³/mol. The van der Waals surface area contributed by atoms with Gasteiger partial charge in [-0.1, -0.05) is 13.0 Å². The predicted octanol–water partition coefficient (Wildman–Crippen LogP) is 1.98. The van der Waals surface area contributed by atoms with E-state index in [1.54, 1.807) is 0 Å². The molecule has 0 bridgehead atoms. The topological polar surface area (TPSA) is 46.2 Å². The Morgan fingerprint density at radius 3 is 2.27 bits per heavy atom. The van der Waals surface area contributed by atoms with E-state index in [-0.39, 0.29) is 18.0 Å². The van der Waals surface area contributed by atoms with Crippen LogP contribution in [0.1, 0.15) is 25.0 Å². The average molecular weight is 215 g/mol. The molecule has 0 aliphatic heterocycles. The quantitative estimate of drug-likeness (QED) is 0.806. The zero-order valence-corrected chi connectivity index (χ0v) is 8.58. The van der Waals surface area contributed by atoms with Gasteiger partial charge in [0.25, 0.3) is 0 Å². The smallest absolute Gasteiger partial charge is 0.131 e. The van der Waals surface area contributed by atoms with E-state index in [0.29, 0.717) is 6.42 Å². The zero-order chi connectivity index (χ0) is 11.4. The molecule has 0 amide bonds. The number of benzene rings is 1. The highest BCUT2D eigenvalue weighted by atomic mass is 19.1. The maximum Gasteiger partial charge on any atom is 0.131 e. The molecule has 1 rings (SSSR count). The van der Waals surface area contributed by atoms with E-state index in [0.717, 1.165) is 12.1 Å². The molecule has 0 saturated carbocycles. The van der Waals surface area contributed by atoms with Gasteiger partial charge in [-0.15, -0.1) is 0 Å². The summed E-state index contributed by atoms with van der Waals surface area (Å²) in [6.07, 6.45) is -0.605. The molecule has 0 saturated heterocycles. The Balaban J connectivity index is 3.04. The number of aliphatic hydroxyl groups is 1. The third kappa shape index (κ3) is 2.52. The van der Waals surface area contributed by atoms with Crippen LogP contribution in [-0.4, -0.2) is 11.7 Å². The molecule has 0 fully saturated rings. The summed E-state index contributed by atoms with van der Waals surface area (Å²) in [6, 6.07) is 3.53. The lowest BCUT2D eigenvalue weighted by Gasteiger charge is -2.20. The van der Waals surface area contributed by atoms with Crippen molar-refractivity contribution in [3.63, 3.8) is 0 Å². The second-order valence-electron chi connectivity index (χ2n) is 3.48. The summed E-state index contributed by atoms with van der Waals surface area (Å²) >= 11 is 0. The monoisotopic (exact) mass is 215 g/mol. The first-order chi connectivity index (χ1) is 7.11. The molecule has 4 heteroatoms. The van der Waals surface area contributed by atoms with Crippen molar-refractivity contribution in [2.45, 2.75) is 19.4 Å². The highest BCUT2D eigenvalue weighted by Gasteiger charge is 2.24. The van der Waals surface area contributed by atoms with Crippen LogP contribution in [0.2, 0.25) is 0 Å². The molecular formula is C11H15F2NO. The molecular weight excluding hydrogens is 200 g/mol. The van der Waals surface area contributed by atoms with E-state index in [4.69, 9.17) is 5.73 Å². The van der Waals surface area contributed by atoms with Crippen LogP contribution >= 0.6 is 0 Å². The van der Waals surface area contributed by atoms with E-state index in [9.17, 15) is 13.9 Å². The van der Waals surface area contributed by atoms with Crippen molar-refractivity contribution in [2.75, 3.05) is 6.54 Å². The Hall–Kier alpha value is -1.00. The first kappa shape index (κ1) is 12.1. The summed E-state index contributed by atoms with van der Waals surface area (Å²) in [5.41, 5.74) is 5.13. The molecule has 0 spiro atoms. The zero-order valence-electron chi connectivity index (χ0n) is 8.58. The van der Waals surface area contributed by atoms with Crippen LogP contribution in [0.5, 0.6) is 0 Å². The highest BCUT2D eigenvalue weighted by Crippen LogP contribution is 2.28. The minimum atomic E-state index is -1.18. The van der Waals surface area contributed by atoms with Crippen LogP contribution < -0.4 is 5.73 Å². The van der Waals surface area contributed by atoms with E-state index in [1.807, 2.05) is 6.92 Å². The van der Waals surface area contributed by atoms with Crippen LogP contribution in [0.4, 0.5) is 8.78 Å². The third-order valence-corrected chi connectivity index (χ3v) is 2.57. The summed E-state index contributed by atoms with van der Waals surface area (Å²) in [6.45, 7) is 2.02. The Labute approximate surface area is 87.7 Å². The number of hydrogen-bond acceptors (Lipinski definition) is 2. The van der Waals surface area contributed by atoms with Crippen molar-refractivity contribution in [2.24, 2.45) is 11.7 Å². The molecule has 0 aromatic heterocycles. The van der Waals surface area contributed by atoms with Crippen LogP contribution in [0.3, 0.4) is 0 Å². The number of halogens is 2. The molecule has 2 unspecified atom stereocenters. The van der Waals surface area contributed by atoms with E-state index >= 15 is 0 Å². The van der Waals surface area contributed by atoms with E-state index in [1.165, 1.54) is 6.07 Å². The van der Waals surface area contributed by atoms with Gasteiger partial charge in [0.15, 0.2) is 0 Å². The lowest BCUT2D eigenvalue weighted by Crippen LogP contribution is -2.22. The van der Waals surface area contributed by atoms with Gasteiger partial charge in [0.1, 0.15) is 11.6 Å². The molecule has 0 heterocycles. The number of hydrogen-bond donors (Lipinski definition) is 2. The fourth-order valence-electron chi connectivity index (χ4n) is 1.55. The molecule has 0 aliphatic rings. The Bertz CT molecular complexity index is 306. The fourth-order valence-corrected chi connectivity index (χ4v) is 1.55. The molecule has 0 aliphatic carbocycles. The van der Waals surface area contributed by atoms with Crippen LogP contribution in [0.25, 0.3) is 0 Å². The molecule has 2 atom stereocenters. The van der Waals surface area contributed by atoms with Gasteiger partial charge in [-0.25, -0.2) is 8.78 Å². The van der Waals surface area contributed by atoms with E-state index in [2.05, 4.69) is 0 Å². The Morgan fingerprint density at radius 1 is 1.33 bits per heavy atom. The van der Waals surface area contributed by atoms with Crippen LogP contribution in [-0.2, 0) is 0 Å². The van der Waals surface area contributed by atoms with E-state index < -0.39 is 17.7 Å². The van der Waals surface area contributed by atoms with Crippen molar-refractivity contribution < 1.29 is 13.9 Å². The summed E-state index contributed by atoms with van der Waals surface area (Å²) < 4.78 is 26.6. The first-order valence-electron chi connectivity index (χ1n) is 4.93. The maximum atomic E-state index is 13.3. The lowest BCUT2D eigenvalue weighted by molar-refractivity contribution is 0.102. The summed E-state index contributed by atoms with van der Waals surface area (Å²) in [5.74, 6) is -1.78. The maximum absolute atomic E-state index is 13.3. The van der Waals surface area contributed by atoms with Gasteiger partial charge in [-0.3, -0.25) is 0 Å². The van der Waals surface area contributed by atoms with Gasteiger partial charge in [0.05, 0.1) is 11.7 Å². The largest absolute Gasteiger partial charge is 0.388 e. The molecule has 1 aromatic rings. The van der Waals surface area contributed by atoms with Gasteiger partial charge in [-0.2, -0.15) is 0 Å². The van der Waals surface area contributed by atoms with Gasteiger partial charge in [0, 0.05) is 5.92 Å². The normalized spacial score (nSPS) is 15.0. The number of rotatable bonds is 4. The minimum absolute atomic E-state index is 0.200. The van der Waals surface area contributed by atoms with Crippen molar-refractivity contribution in [1.29, 1.82) is 0 Å². The molecule has 3 N–H and O–H groups in total. The average Bonchev–Trinajstić information content (AvgIpc) is 2.19. The molecule has 1 aromatic carbocycles. The standard InChI is InChI=1S/C11H15F2NO/c1-2-7(6-14)11(15)10-8(12)4-3-5-9(10)13/h3-5,7,11,15H,2,6,14H2,1H3.